The molecule has 32 heavy (non-hydrogen) atoms. The van der Waals surface area contributed by atoms with E-state index in [1.807, 2.05) is 6.08 Å². The third kappa shape index (κ3) is 3.56. The van der Waals surface area contributed by atoms with Crippen LogP contribution in [0.1, 0.15) is 41.1 Å². The number of halogens is 2. The van der Waals surface area contributed by atoms with Gasteiger partial charge in [-0.2, -0.15) is 0 Å². The Morgan fingerprint density at radius 3 is 2.88 bits per heavy atom. The average molecular weight is 441 g/mol. The summed E-state index contributed by atoms with van der Waals surface area (Å²) in [7, 11) is 0. The van der Waals surface area contributed by atoms with Crippen LogP contribution in [0.5, 0.6) is 0 Å². The highest BCUT2D eigenvalue weighted by Gasteiger charge is 2.36. The summed E-state index contributed by atoms with van der Waals surface area (Å²) in [6, 6.07) is 4.46. The van der Waals surface area contributed by atoms with Gasteiger partial charge in [0.2, 0.25) is 0 Å². The van der Waals surface area contributed by atoms with Gasteiger partial charge in [0.1, 0.15) is 30.0 Å². The second-order valence-corrected chi connectivity index (χ2v) is 8.43. The number of fused-ring (bicyclic) bond motifs is 2. The number of aromatic nitrogens is 3. The van der Waals surface area contributed by atoms with E-state index in [4.69, 9.17) is 5.73 Å². The van der Waals surface area contributed by atoms with Crippen LogP contribution in [-0.2, 0) is 19.4 Å². The first-order valence-corrected chi connectivity index (χ1v) is 10.7. The molecule has 168 valence electrons. The van der Waals surface area contributed by atoms with Crippen molar-refractivity contribution in [3.05, 3.63) is 64.6 Å². The third-order valence-electron chi connectivity index (χ3n) is 6.56. The predicted molar refractivity (Wildman–Crippen MR) is 116 cm³/mol. The molecule has 5 rings (SSSR count). The predicted octanol–water partition coefficient (Wildman–Crippen LogP) is 2.43. The van der Waals surface area contributed by atoms with E-state index in [0.717, 1.165) is 29.7 Å². The number of nitrogens with one attached hydrogen (secondary N) is 1. The molecule has 1 aliphatic carbocycles. The number of nitrogen functional groups attached to an aromatic ring is 1. The van der Waals surface area contributed by atoms with E-state index in [2.05, 4.69) is 15.3 Å². The van der Waals surface area contributed by atoms with E-state index < -0.39 is 24.7 Å². The zero-order chi connectivity index (χ0) is 22.4. The molecule has 0 spiro atoms. The van der Waals surface area contributed by atoms with Gasteiger partial charge in [0.25, 0.3) is 6.43 Å². The fourth-order valence-corrected chi connectivity index (χ4v) is 4.87. The molecule has 2 aromatic heterocycles. The van der Waals surface area contributed by atoms with Gasteiger partial charge in [-0.3, -0.25) is 0 Å². The van der Waals surface area contributed by atoms with E-state index in [9.17, 15) is 19.0 Å². The van der Waals surface area contributed by atoms with Gasteiger partial charge in [-0.15, -0.1) is 0 Å². The zero-order valence-electron chi connectivity index (χ0n) is 17.4. The maximum absolute atomic E-state index is 13.4. The van der Waals surface area contributed by atoms with Crippen molar-refractivity contribution in [3.8, 4) is 0 Å². The molecule has 3 atom stereocenters. The Balaban J connectivity index is 1.42. The van der Waals surface area contributed by atoms with Gasteiger partial charge in [-0.1, -0.05) is 6.08 Å². The minimum absolute atomic E-state index is 0.0376. The minimum Gasteiger partial charge on any atom is -0.388 e. The summed E-state index contributed by atoms with van der Waals surface area (Å²) in [6.07, 6.45) is 2.07. The number of nitrogens with zero attached hydrogens (tertiary/aromatic N) is 3. The largest absolute Gasteiger partial charge is 0.388 e. The molecule has 0 amide bonds. The monoisotopic (exact) mass is 441 g/mol. The molecule has 1 aromatic carbocycles. The lowest BCUT2D eigenvalue weighted by atomic mass is 9.90. The fourth-order valence-electron chi connectivity index (χ4n) is 4.87. The summed E-state index contributed by atoms with van der Waals surface area (Å²) < 4.78 is 28.6. The number of anilines is 1. The van der Waals surface area contributed by atoms with Gasteiger partial charge in [-0.05, 0) is 66.3 Å². The smallest absolute Gasteiger partial charge is 0.263 e. The molecule has 0 unspecified atom stereocenters. The Morgan fingerprint density at radius 1 is 1.22 bits per heavy atom. The summed E-state index contributed by atoms with van der Waals surface area (Å²) >= 11 is 0. The number of aliphatic hydroxyl groups excluding tert-OH is 2. The molecule has 0 radical (unpaired) electrons. The van der Waals surface area contributed by atoms with E-state index in [1.54, 1.807) is 29.0 Å². The summed E-state index contributed by atoms with van der Waals surface area (Å²) in [5, 5.41) is 25.4. The third-order valence-corrected chi connectivity index (χ3v) is 6.56. The molecule has 3 heterocycles. The van der Waals surface area contributed by atoms with Crippen molar-refractivity contribution >= 4 is 16.9 Å². The molecule has 5 N–H and O–H groups in total. The lowest BCUT2D eigenvalue weighted by Gasteiger charge is -2.23. The van der Waals surface area contributed by atoms with Gasteiger partial charge in [-0.25, -0.2) is 18.7 Å². The van der Waals surface area contributed by atoms with Crippen molar-refractivity contribution < 1.29 is 19.0 Å². The highest BCUT2D eigenvalue weighted by Crippen LogP contribution is 2.35. The summed E-state index contributed by atoms with van der Waals surface area (Å²) in [5.74, 6) is 0.350. The van der Waals surface area contributed by atoms with Gasteiger partial charge in [0, 0.05) is 18.3 Å². The fraction of sp³-hybridized carbons (Fsp3) is 0.391. The van der Waals surface area contributed by atoms with Crippen LogP contribution in [0.25, 0.3) is 11.0 Å². The molecule has 2 aliphatic rings. The Bertz CT molecular complexity index is 1190. The topological polar surface area (TPSA) is 109 Å². The van der Waals surface area contributed by atoms with Crippen LogP contribution in [0, 0.1) is 0 Å². The number of rotatable bonds is 5. The molecule has 0 fully saturated rings. The van der Waals surface area contributed by atoms with Crippen LogP contribution in [-0.4, -0.2) is 43.5 Å². The van der Waals surface area contributed by atoms with Gasteiger partial charge >= 0.3 is 0 Å². The number of aryl methyl sites for hydroxylation is 1. The van der Waals surface area contributed by atoms with Crippen molar-refractivity contribution in [2.75, 3.05) is 12.3 Å². The van der Waals surface area contributed by atoms with Crippen LogP contribution >= 0.6 is 0 Å². The van der Waals surface area contributed by atoms with Crippen molar-refractivity contribution in [2.24, 2.45) is 0 Å². The van der Waals surface area contributed by atoms with Crippen molar-refractivity contribution in [1.29, 1.82) is 0 Å². The van der Waals surface area contributed by atoms with Gasteiger partial charge in [0.05, 0.1) is 11.4 Å². The molecule has 1 aliphatic heterocycles. The average Bonchev–Trinajstić information content (AvgIpc) is 3.34. The Hall–Kier alpha value is -2.88. The molecule has 7 nitrogen and oxygen atoms in total. The SMILES string of the molecule is Nc1ncnc2c1ccn2[C@@H]1C=C(CCc2cc(C(F)F)cc3c2CNCC3)[C@@H](O)[C@H]1O. The highest BCUT2D eigenvalue weighted by atomic mass is 19.3. The molecule has 0 saturated heterocycles. The highest BCUT2D eigenvalue weighted by molar-refractivity contribution is 5.86. The minimum atomic E-state index is -2.52. The summed E-state index contributed by atoms with van der Waals surface area (Å²) in [5.41, 5.74) is 10.1. The van der Waals surface area contributed by atoms with E-state index in [1.165, 1.54) is 6.33 Å². The molecule has 0 bridgehead atoms. The number of aliphatic hydroxyl groups is 2. The van der Waals surface area contributed by atoms with Crippen LogP contribution in [0.4, 0.5) is 14.6 Å². The number of hydrogen-bond donors (Lipinski definition) is 4. The normalized spacial score (nSPS) is 23.0. The summed E-state index contributed by atoms with van der Waals surface area (Å²) in [6.45, 7) is 1.42. The van der Waals surface area contributed by atoms with E-state index in [0.29, 0.717) is 41.8 Å². The Labute approximate surface area is 183 Å². The zero-order valence-corrected chi connectivity index (χ0v) is 17.4. The Kier molecular flexibility index (Phi) is 5.40. The second-order valence-electron chi connectivity index (χ2n) is 8.43. The molecule has 3 aromatic rings. The number of nitrogens with two attached hydrogens (primary N) is 1. The van der Waals surface area contributed by atoms with Crippen molar-refractivity contribution in [2.45, 2.75) is 50.5 Å². The first-order valence-electron chi connectivity index (χ1n) is 10.7. The molecular formula is C23H25F2N5O2. The standard InChI is InChI=1S/C23H25F2N5O2/c24-21(25)15-7-12(17-10-27-5-3-13(17)8-15)1-2-14-9-18(20(32)19(14)31)30-6-4-16-22(26)28-11-29-23(16)30/h4,6-9,11,18-21,27,31-32H,1-3,5,10H2,(H2,26,28,29)/t18-,19-,20+/m1/s1. The lowest BCUT2D eigenvalue weighted by Crippen LogP contribution is -2.29. The van der Waals surface area contributed by atoms with E-state index in [-0.39, 0.29) is 5.56 Å². The van der Waals surface area contributed by atoms with Crippen molar-refractivity contribution in [1.82, 2.24) is 19.9 Å². The van der Waals surface area contributed by atoms with Crippen LogP contribution in [0.2, 0.25) is 0 Å². The maximum atomic E-state index is 13.4. The Morgan fingerprint density at radius 2 is 2.06 bits per heavy atom. The molecule has 0 saturated carbocycles. The number of benzene rings is 1. The first kappa shape index (κ1) is 21.0. The lowest BCUT2D eigenvalue weighted by molar-refractivity contribution is 0.0317. The number of alkyl halides is 2. The quantitative estimate of drug-likeness (QED) is 0.453. The first-order chi connectivity index (χ1) is 15.4. The maximum Gasteiger partial charge on any atom is 0.263 e. The van der Waals surface area contributed by atoms with Crippen LogP contribution < -0.4 is 11.1 Å². The molecular weight excluding hydrogens is 416 g/mol. The van der Waals surface area contributed by atoms with Crippen molar-refractivity contribution in [3.63, 3.8) is 0 Å². The summed E-state index contributed by atoms with van der Waals surface area (Å²) in [4.78, 5) is 8.25. The molecule has 9 heteroatoms. The van der Waals surface area contributed by atoms with Gasteiger partial charge in [0.15, 0.2) is 0 Å². The van der Waals surface area contributed by atoms with E-state index >= 15 is 0 Å². The number of hydrogen-bond acceptors (Lipinski definition) is 6. The van der Waals surface area contributed by atoms with Crippen LogP contribution in [0.15, 0.2) is 42.4 Å². The van der Waals surface area contributed by atoms with Crippen LogP contribution in [0.3, 0.4) is 0 Å². The van der Waals surface area contributed by atoms with Gasteiger partial charge < -0.3 is 25.8 Å². The second kappa shape index (κ2) is 8.23.